The van der Waals surface area contributed by atoms with E-state index in [4.69, 9.17) is 0 Å². The summed E-state index contributed by atoms with van der Waals surface area (Å²) >= 11 is 3.63. The molecule has 0 bridgehead atoms. The quantitative estimate of drug-likeness (QED) is 0.633. The second-order valence-electron chi connectivity index (χ2n) is 5.44. The predicted octanol–water partition coefficient (Wildman–Crippen LogP) is 6.23. The van der Waals surface area contributed by atoms with E-state index in [1.807, 2.05) is 0 Å². The van der Waals surface area contributed by atoms with Crippen molar-refractivity contribution < 1.29 is 0 Å². The van der Waals surface area contributed by atoms with Crippen LogP contribution in [-0.2, 0) is 0 Å². The minimum Gasteiger partial charge on any atom is -0.384 e. The zero-order valence-electron chi connectivity index (χ0n) is 12.5. The highest BCUT2D eigenvalue weighted by Crippen LogP contribution is 2.30. The molecule has 2 rings (SSSR count). The molecule has 0 saturated carbocycles. The summed E-state index contributed by atoms with van der Waals surface area (Å²) in [4.78, 5) is 0. The summed E-state index contributed by atoms with van der Waals surface area (Å²) in [6.07, 6.45) is 5.20. The molecule has 0 aliphatic rings. The first kappa shape index (κ1) is 15.4. The summed E-state index contributed by atoms with van der Waals surface area (Å²) in [7, 11) is 0. The maximum absolute atomic E-state index is 3.65. The number of hydrogen-bond acceptors (Lipinski definition) is 1. The highest BCUT2D eigenvalue weighted by atomic mass is 79.9. The molecule has 108 valence electrons. The molecule has 0 aromatic heterocycles. The van der Waals surface area contributed by atoms with Gasteiger partial charge in [0.15, 0.2) is 0 Å². The van der Waals surface area contributed by atoms with Crippen molar-refractivity contribution in [1.82, 2.24) is 0 Å². The first-order valence-corrected chi connectivity index (χ1v) is 8.46. The summed E-state index contributed by atoms with van der Waals surface area (Å²) in [5.41, 5.74) is 1.25. The van der Waals surface area contributed by atoms with Gasteiger partial charge in [-0.15, -0.1) is 0 Å². The van der Waals surface area contributed by atoms with Gasteiger partial charge in [0.25, 0.3) is 0 Å². The van der Waals surface area contributed by atoms with Crippen molar-refractivity contribution in [2.45, 2.75) is 39.5 Å². The number of halogens is 1. The Labute approximate surface area is 130 Å². The number of benzene rings is 2. The summed E-state index contributed by atoms with van der Waals surface area (Å²) in [6.45, 7) is 5.63. The summed E-state index contributed by atoms with van der Waals surface area (Å²) < 4.78 is 1.16. The van der Waals surface area contributed by atoms with Gasteiger partial charge >= 0.3 is 0 Å². The van der Waals surface area contributed by atoms with Crippen molar-refractivity contribution in [3.63, 3.8) is 0 Å². The zero-order chi connectivity index (χ0) is 14.4. The van der Waals surface area contributed by atoms with Crippen LogP contribution in [0.25, 0.3) is 10.8 Å². The third-order valence-corrected chi connectivity index (χ3v) is 4.69. The second kappa shape index (κ2) is 7.68. The Balaban J connectivity index is 2.11. The van der Waals surface area contributed by atoms with Gasteiger partial charge in [0, 0.05) is 22.1 Å². The normalized spacial score (nSPS) is 12.6. The van der Waals surface area contributed by atoms with Crippen LogP contribution in [0.4, 0.5) is 5.69 Å². The molecule has 2 heteroatoms. The van der Waals surface area contributed by atoms with Crippen molar-refractivity contribution in [2.24, 2.45) is 5.92 Å². The Morgan fingerprint density at radius 3 is 2.50 bits per heavy atom. The highest BCUT2D eigenvalue weighted by Gasteiger charge is 2.08. The molecule has 0 amide bonds. The van der Waals surface area contributed by atoms with Crippen LogP contribution in [0.1, 0.15) is 39.5 Å². The van der Waals surface area contributed by atoms with Gasteiger partial charge in [-0.1, -0.05) is 73.3 Å². The van der Waals surface area contributed by atoms with E-state index in [1.54, 1.807) is 0 Å². The molecule has 1 N–H and O–H groups in total. The van der Waals surface area contributed by atoms with E-state index in [0.29, 0.717) is 0 Å². The first-order chi connectivity index (χ1) is 9.76. The van der Waals surface area contributed by atoms with Crippen molar-refractivity contribution in [2.75, 3.05) is 11.9 Å². The lowest BCUT2D eigenvalue weighted by molar-refractivity contribution is 0.473. The van der Waals surface area contributed by atoms with E-state index >= 15 is 0 Å². The third kappa shape index (κ3) is 3.76. The van der Waals surface area contributed by atoms with Gasteiger partial charge in [-0.2, -0.15) is 0 Å². The van der Waals surface area contributed by atoms with E-state index in [9.17, 15) is 0 Å². The molecule has 1 atom stereocenters. The molecule has 0 radical (unpaired) electrons. The van der Waals surface area contributed by atoms with E-state index in [-0.39, 0.29) is 0 Å². The van der Waals surface area contributed by atoms with E-state index in [1.165, 1.54) is 42.1 Å². The average Bonchev–Trinajstić information content (AvgIpc) is 2.49. The Morgan fingerprint density at radius 2 is 1.80 bits per heavy atom. The standard InChI is InChI=1S/C18H24BrN/c1-3-5-8-14(4-2)13-20-18-12-11-17(19)15-9-6-7-10-16(15)18/h6-7,9-12,14,20H,3-5,8,13H2,1-2H3. The van der Waals surface area contributed by atoms with Gasteiger partial charge in [-0.05, 0) is 29.9 Å². The van der Waals surface area contributed by atoms with E-state index in [0.717, 1.165) is 16.9 Å². The van der Waals surface area contributed by atoms with Gasteiger partial charge < -0.3 is 5.32 Å². The Hall–Kier alpha value is -1.02. The molecule has 0 fully saturated rings. The minimum absolute atomic E-state index is 0.775. The van der Waals surface area contributed by atoms with Crippen LogP contribution in [-0.4, -0.2) is 6.54 Å². The third-order valence-electron chi connectivity index (χ3n) is 4.00. The lowest BCUT2D eigenvalue weighted by Crippen LogP contribution is -2.13. The molecule has 2 aromatic carbocycles. The topological polar surface area (TPSA) is 12.0 Å². The van der Waals surface area contributed by atoms with Crippen LogP contribution in [0, 0.1) is 5.92 Å². The van der Waals surface area contributed by atoms with Crippen LogP contribution in [0.2, 0.25) is 0 Å². The molecule has 0 aliphatic carbocycles. The van der Waals surface area contributed by atoms with E-state index < -0.39 is 0 Å². The van der Waals surface area contributed by atoms with Crippen LogP contribution < -0.4 is 5.32 Å². The highest BCUT2D eigenvalue weighted by molar-refractivity contribution is 9.10. The van der Waals surface area contributed by atoms with Crippen molar-refractivity contribution in [1.29, 1.82) is 0 Å². The number of hydrogen-bond donors (Lipinski definition) is 1. The van der Waals surface area contributed by atoms with Gasteiger partial charge in [0.1, 0.15) is 0 Å². The molecule has 0 heterocycles. The first-order valence-electron chi connectivity index (χ1n) is 7.67. The smallest absolute Gasteiger partial charge is 0.0420 e. The van der Waals surface area contributed by atoms with Crippen LogP contribution >= 0.6 is 15.9 Å². The van der Waals surface area contributed by atoms with Crippen molar-refractivity contribution >= 4 is 32.4 Å². The fourth-order valence-electron chi connectivity index (χ4n) is 2.61. The monoisotopic (exact) mass is 333 g/mol. The Kier molecular flexibility index (Phi) is 5.90. The van der Waals surface area contributed by atoms with Crippen molar-refractivity contribution in [3.8, 4) is 0 Å². The molecule has 0 saturated heterocycles. The molecular weight excluding hydrogens is 310 g/mol. The van der Waals surface area contributed by atoms with Crippen molar-refractivity contribution in [3.05, 3.63) is 40.9 Å². The second-order valence-corrected chi connectivity index (χ2v) is 6.29. The predicted molar refractivity (Wildman–Crippen MR) is 93.4 cm³/mol. The van der Waals surface area contributed by atoms with E-state index in [2.05, 4.69) is 71.5 Å². The van der Waals surface area contributed by atoms with Crippen LogP contribution in [0.15, 0.2) is 40.9 Å². The summed E-state index contributed by atoms with van der Waals surface area (Å²) in [5, 5.41) is 6.23. The van der Waals surface area contributed by atoms with Gasteiger partial charge in [0.2, 0.25) is 0 Å². The molecular formula is C18H24BrN. The molecule has 20 heavy (non-hydrogen) atoms. The average molecular weight is 334 g/mol. The SMILES string of the molecule is CCCCC(CC)CNc1ccc(Br)c2ccccc12. The number of rotatable bonds is 7. The summed E-state index contributed by atoms with van der Waals surface area (Å²) in [5.74, 6) is 0.775. The summed E-state index contributed by atoms with van der Waals surface area (Å²) in [6, 6.07) is 12.9. The van der Waals surface area contributed by atoms with Crippen LogP contribution in [0.5, 0.6) is 0 Å². The van der Waals surface area contributed by atoms with Gasteiger partial charge in [-0.3, -0.25) is 0 Å². The van der Waals surface area contributed by atoms with Gasteiger partial charge in [0.05, 0.1) is 0 Å². The minimum atomic E-state index is 0.775. The Morgan fingerprint density at radius 1 is 1.05 bits per heavy atom. The number of unbranched alkanes of at least 4 members (excludes halogenated alkanes) is 1. The van der Waals surface area contributed by atoms with Crippen LogP contribution in [0.3, 0.4) is 0 Å². The zero-order valence-corrected chi connectivity index (χ0v) is 14.0. The lowest BCUT2D eigenvalue weighted by Gasteiger charge is -2.17. The molecule has 0 aliphatic heterocycles. The number of nitrogens with one attached hydrogen (secondary N) is 1. The Bertz CT molecular complexity index is 550. The number of anilines is 1. The fourth-order valence-corrected chi connectivity index (χ4v) is 3.09. The maximum atomic E-state index is 3.65. The largest absolute Gasteiger partial charge is 0.384 e. The fraction of sp³-hybridized carbons (Fsp3) is 0.444. The maximum Gasteiger partial charge on any atom is 0.0420 e. The molecule has 2 aromatic rings. The molecule has 0 spiro atoms. The lowest BCUT2D eigenvalue weighted by atomic mass is 9.99. The number of fused-ring (bicyclic) bond motifs is 1. The van der Waals surface area contributed by atoms with Gasteiger partial charge in [-0.25, -0.2) is 0 Å². The molecule has 1 unspecified atom stereocenters. The molecule has 1 nitrogen and oxygen atoms in total.